The smallest absolute Gasteiger partial charge is 0.228 e. The molecule has 1 aromatic carbocycles. The van der Waals surface area contributed by atoms with E-state index in [1.807, 2.05) is 18.7 Å². The van der Waals surface area contributed by atoms with Crippen LogP contribution in [0.4, 0.5) is 0 Å². The molecule has 0 radical (unpaired) electrons. The average molecular weight is 371 g/mol. The standard InChI is InChI=1S/C21H26N2O2S/c1-3-19(24)23-12-11-21(15-23,20(25)22-4-2)14-16-7-9-17(10-8-16)18-6-5-13-26-18/h5-10,13H,3-4,11-12,14-15H2,1-2H3,(H,22,25)/t21-/m1/s1. The summed E-state index contributed by atoms with van der Waals surface area (Å²) in [6, 6.07) is 12.6. The lowest BCUT2D eigenvalue weighted by molar-refractivity contribution is -0.133. The first-order valence-electron chi connectivity index (χ1n) is 9.27. The van der Waals surface area contributed by atoms with Crippen molar-refractivity contribution in [2.24, 2.45) is 5.41 Å². The van der Waals surface area contributed by atoms with Crippen LogP contribution in [0.25, 0.3) is 10.4 Å². The van der Waals surface area contributed by atoms with Crippen molar-refractivity contribution in [2.75, 3.05) is 19.6 Å². The monoisotopic (exact) mass is 370 g/mol. The molecule has 2 heterocycles. The number of thiophene rings is 1. The fraction of sp³-hybridized carbons (Fsp3) is 0.429. The van der Waals surface area contributed by atoms with E-state index in [4.69, 9.17) is 0 Å². The lowest BCUT2D eigenvalue weighted by Gasteiger charge is -2.28. The molecule has 0 aliphatic carbocycles. The van der Waals surface area contributed by atoms with Crippen molar-refractivity contribution in [3.8, 4) is 10.4 Å². The molecule has 1 aromatic heterocycles. The Hall–Kier alpha value is -2.14. The summed E-state index contributed by atoms with van der Waals surface area (Å²) in [4.78, 5) is 28.0. The highest BCUT2D eigenvalue weighted by molar-refractivity contribution is 7.13. The summed E-state index contributed by atoms with van der Waals surface area (Å²) < 4.78 is 0. The van der Waals surface area contributed by atoms with Gasteiger partial charge in [-0.05, 0) is 42.3 Å². The van der Waals surface area contributed by atoms with Crippen LogP contribution in [0.15, 0.2) is 41.8 Å². The van der Waals surface area contributed by atoms with E-state index in [2.05, 4.69) is 47.1 Å². The molecule has 1 fully saturated rings. The fourth-order valence-corrected chi connectivity index (χ4v) is 4.42. The first-order chi connectivity index (χ1) is 12.6. The fourth-order valence-electron chi connectivity index (χ4n) is 3.69. The molecule has 26 heavy (non-hydrogen) atoms. The molecule has 3 rings (SSSR count). The summed E-state index contributed by atoms with van der Waals surface area (Å²) >= 11 is 1.72. The van der Waals surface area contributed by atoms with Crippen LogP contribution in [0.1, 0.15) is 32.3 Å². The summed E-state index contributed by atoms with van der Waals surface area (Å²) in [5.41, 5.74) is 1.82. The van der Waals surface area contributed by atoms with E-state index in [9.17, 15) is 9.59 Å². The lowest BCUT2D eigenvalue weighted by atomic mass is 9.79. The molecule has 4 nitrogen and oxygen atoms in total. The molecular formula is C21H26N2O2S. The summed E-state index contributed by atoms with van der Waals surface area (Å²) in [5.74, 6) is 0.193. The SMILES string of the molecule is CCNC(=O)[C@@]1(Cc2ccc(-c3cccs3)cc2)CCN(C(=O)CC)C1. The quantitative estimate of drug-likeness (QED) is 0.842. The molecule has 0 saturated carbocycles. The summed E-state index contributed by atoms with van der Waals surface area (Å²) in [6.07, 6.45) is 1.87. The third kappa shape index (κ3) is 3.83. The van der Waals surface area contributed by atoms with Gasteiger partial charge >= 0.3 is 0 Å². The normalized spacial score (nSPS) is 19.5. The van der Waals surface area contributed by atoms with Crippen LogP contribution in [-0.4, -0.2) is 36.3 Å². The van der Waals surface area contributed by atoms with Gasteiger partial charge in [-0.2, -0.15) is 0 Å². The van der Waals surface area contributed by atoms with E-state index in [0.717, 1.165) is 12.0 Å². The predicted molar refractivity (Wildman–Crippen MR) is 106 cm³/mol. The van der Waals surface area contributed by atoms with Gasteiger partial charge in [0.1, 0.15) is 0 Å². The van der Waals surface area contributed by atoms with Gasteiger partial charge in [-0.25, -0.2) is 0 Å². The number of likely N-dealkylation sites (tertiary alicyclic amines) is 1. The van der Waals surface area contributed by atoms with Crippen LogP contribution in [0.5, 0.6) is 0 Å². The Balaban J connectivity index is 1.80. The van der Waals surface area contributed by atoms with Crippen molar-refractivity contribution in [3.05, 3.63) is 47.3 Å². The second kappa shape index (κ2) is 8.04. The number of carbonyl (C=O) groups is 2. The van der Waals surface area contributed by atoms with Crippen molar-refractivity contribution in [2.45, 2.75) is 33.1 Å². The maximum absolute atomic E-state index is 12.8. The highest BCUT2D eigenvalue weighted by atomic mass is 32.1. The lowest BCUT2D eigenvalue weighted by Crippen LogP contribution is -2.45. The molecule has 2 amide bonds. The van der Waals surface area contributed by atoms with Crippen LogP contribution < -0.4 is 5.32 Å². The zero-order valence-electron chi connectivity index (χ0n) is 15.5. The van der Waals surface area contributed by atoms with Gasteiger partial charge in [0.25, 0.3) is 0 Å². The number of hydrogen-bond acceptors (Lipinski definition) is 3. The molecule has 2 aromatic rings. The van der Waals surface area contributed by atoms with Crippen molar-refractivity contribution in [3.63, 3.8) is 0 Å². The molecule has 0 bridgehead atoms. The molecular weight excluding hydrogens is 344 g/mol. The summed E-state index contributed by atoms with van der Waals surface area (Å²) in [5, 5.41) is 5.06. The Morgan fingerprint density at radius 1 is 1.19 bits per heavy atom. The summed E-state index contributed by atoms with van der Waals surface area (Å²) in [7, 11) is 0. The number of nitrogens with zero attached hydrogens (tertiary/aromatic N) is 1. The van der Waals surface area contributed by atoms with Gasteiger partial charge in [0.15, 0.2) is 0 Å². The van der Waals surface area contributed by atoms with Gasteiger partial charge in [-0.15, -0.1) is 11.3 Å². The van der Waals surface area contributed by atoms with Crippen molar-refractivity contribution < 1.29 is 9.59 Å². The van der Waals surface area contributed by atoms with E-state index < -0.39 is 5.41 Å². The number of hydrogen-bond donors (Lipinski definition) is 1. The van der Waals surface area contributed by atoms with E-state index in [1.165, 1.54) is 10.4 Å². The van der Waals surface area contributed by atoms with Crippen molar-refractivity contribution >= 4 is 23.2 Å². The Bertz CT molecular complexity index is 755. The van der Waals surface area contributed by atoms with E-state index >= 15 is 0 Å². The molecule has 1 aliphatic rings. The minimum Gasteiger partial charge on any atom is -0.356 e. The van der Waals surface area contributed by atoms with Gasteiger partial charge in [0.2, 0.25) is 11.8 Å². The topological polar surface area (TPSA) is 49.4 Å². The third-order valence-electron chi connectivity index (χ3n) is 5.13. The molecule has 1 N–H and O–H groups in total. The Kier molecular flexibility index (Phi) is 5.77. The number of amides is 2. The second-order valence-corrected chi connectivity index (χ2v) is 7.86. The average Bonchev–Trinajstić information content (AvgIpc) is 3.33. The minimum absolute atomic E-state index is 0.0636. The Morgan fingerprint density at radius 2 is 1.96 bits per heavy atom. The van der Waals surface area contributed by atoms with Gasteiger partial charge in [0, 0.05) is 30.9 Å². The van der Waals surface area contributed by atoms with Gasteiger partial charge < -0.3 is 10.2 Å². The molecule has 1 saturated heterocycles. The number of carbonyl (C=O) groups excluding carboxylic acids is 2. The first-order valence-corrected chi connectivity index (χ1v) is 10.1. The Morgan fingerprint density at radius 3 is 2.58 bits per heavy atom. The number of nitrogens with one attached hydrogen (secondary N) is 1. The Labute approximate surface area is 159 Å². The maximum Gasteiger partial charge on any atom is 0.228 e. The molecule has 5 heteroatoms. The zero-order valence-corrected chi connectivity index (χ0v) is 16.3. The number of rotatable bonds is 6. The van der Waals surface area contributed by atoms with Crippen molar-refractivity contribution in [1.82, 2.24) is 10.2 Å². The van der Waals surface area contributed by atoms with E-state index in [0.29, 0.717) is 32.5 Å². The predicted octanol–water partition coefficient (Wildman–Crippen LogP) is 3.72. The highest BCUT2D eigenvalue weighted by Gasteiger charge is 2.45. The second-order valence-electron chi connectivity index (χ2n) is 6.91. The molecule has 0 unspecified atom stereocenters. The van der Waals surface area contributed by atoms with E-state index in [1.54, 1.807) is 11.3 Å². The zero-order chi connectivity index (χ0) is 18.6. The largest absolute Gasteiger partial charge is 0.356 e. The first kappa shape index (κ1) is 18.6. The summed E-state index contributed by atoms with van der Waals surface area (Å²) in [6.45, 7) is 5.60. The third-order valence-corrected chi connectivity index (χ3v) is 6.05. The molecule has 1 aliphatic heterocycles. The minimum atomic E-state index is -0.523. The van der Waals surface area contributed by atoms with Gasteiger partial charge in [-0.3, -0.25) is 9.59 Å². The maximum atomic E-state index is 12.8. The highest BCUT2D eigenvalue weighted by Crippen LogP contribution is 2.35. The van der Waals surface area contributed by atoms with Crippen LogP contribution in [0.3, 0.4) is 0 Å². The number of benzene rings is 1. The van der Waals surface area contributed by atoms with Gasteiger partial charge in [-0.1, -0.05) is 37.3 Å². The molecule has 0 spiro atoms. The molecule has 1 atom stereocenters. The van der Waals surface area contributed by atoms with Crippen LogP contribution >= 0.6 is 11.3 Å². The van der Waals surface area contributed by atoms with Crippen molar-refractivity contribution in [1.29, 1.82) is 0 Å². The van der Waals surface area contributed by atoms with Gasteiger partial charge in [0.05, 0.1) is 5.41 Å². The van der Waals surface area contributed by atoms with E-state index in [-0.39, 0.29) is 11.8 Å². The van der Waals surface area contributed by atoms with Crippen LogP contribution in [-0.2, 0) is 16.0 Å². The van der Waals surface area contributed by atoms with Crippen LogP contribution in [0.2, 0.25) is 0 Å². The van der Waals surface area contributed by atoms with Crippen LogP contribution in [0, 0.1) is 5.41 Å². The molecule has 138 valence electrons.